The molecule has 0 aliphatic heterocycles. The van der Waals surface area contributed by atoms with E-state index in [1.165, 1.54) is 0 Å². The third-order valence-corrected chi connectivity index (χ3v) is 4.09. The van der Waals surface area contributed by atoms with Gasteiger partial charge in [-0.15, -0.1) is 0 Å². The van der Waals surface area contributed by atoms with Gasteiger partial charge < -0.3 is 30.5 Å². The van der Waals surface area contributed by atoms with Crippen molar-refractivity contribution in [2.75, 3.05) is 32.2 Å². The number of urea groups is 1. The molecule has 0 aromatic heterocycles. The molecule has 2 aromatic carbocycles. The lowest BCUT2D eigenvalue weighted by Gasteiger charge is -2.11. The number of carbonyl (C=O) groups is 1. The van der Waals surface area contributed by atoms with E-state index < -0.39 is 0 Å². The molecule has 0 aliphatic rings. The number of anilines is 1. The van der Waals surface area contributed by atoms with Crippen LogP contribution in [0.2, 0.25) is 0 Å². The van der Waals surface area contributed by atoms with Crippen molar-refractivity contribution in [1.82, 2.24) is 10.6 Å². The highest BCUT2D eigenvalue weighted by atomic mass is 16.5. The molecule has 152 valence electrons. The van der Waals surface area contributed by atoms with E-state index in [4.69, 9.17) is 14.6 Å². The van der Waals surface area contributed by atoms with Gasteiger partial charge in [0.05, 0.1) is 26.4 Å². The van der Waals surface area contributed by atoms with Crippen molar-refractivity contribution in [1.29, 1.82) is 0 Å². The van der Waals surface area contributed by atoms with Gasteiger partial charge in [0.15, 0.2) is 0 Å². The monoisotopic (exact) mass is 387 g/mol. The van der Waals surface area contributed by atoms with E-state index in [0.29, 0.717) is 26.2 Å². The van der Waals surface area contributed by atoms with Crippen molar-refractivity contribution >= 4 is 11.7 Å². The minimum atomic E-state index is -0.253. The number of nitrogens with one attached hydrogen (secondary N) is 3. The van der Waals surface area contributed by atoms with Crippen LogP contribution in [0.5, 0.6) is 5.75 Å². The third kappa shape index (κ3) is 7.96. The van der Waals surface area contributed by atoms with E-state index in [0.717, 1.165) is 22.6 Å². The van der Waals surface area contributed by atoms with Crippen LogP contribution in [0.1, 0.15) is 18.1 Å². The summed E-state index contributed by atoms with van der Waals surface area (Å²) in [5.41, 5.74) is 2.84. The lowest BCUT2D eigenvalue weighted by molar-refractivity contribution is 0.0266. The van der Waals surface area contributed by atoms with Crippen LogP contribution < -0.4 is 20.7 Å². The van der Waals surface area contributed by atoms with Gasteiger partial charge in [-0.3, -0.25) is 0 Å². The van der Waals surface area contributed by atoms with Crippen LogP contribution in [-0.2, 0) is 17.8 Å². The average Bonchev–Trinajstić information content (AvgIpc) is 2.73. The summed E-state index contributed by atoms with van der Waals surface area (Å²) in [6, 6.07) is 15.0. The highest BCUT2D eigenvalue weighted by Crippen LogP contribution is 2.12. The molecule has 2 aromatic rings. The molecule has 1 unspecified atom stereocenters. The zero-order valence-corrected chi connectivity index (χ0v) is 16.4. The summed E-state index contributed by atoms with van der Waals surface area (Å²) in [6.45, 7) is 4.27. The number of amides is 2. The molecule has 0 heterocycles. The Hall–Kier alpha value is -2.61. The lowest BCUT2D eigenvalue weighted by atomic mass is 10.2. The fourth-order valence-electron chi connectivity index (χ4n) is 2.42. The van der Waals surface area contributed by atoms with E-state index in [2.05, 4.69) is 16.0 Å². The second-order valence-electron chi connectivity index (χ2n) is 6.39. The summed E-state index contributed by atoms with van der Waals surface area (Å²) in [5, 5.41) is 17.8. The molecule has 2 rings (SSSR count). The molecule has 4 N–H and O–H groups in total. The summed E-state index contributed by atoms with van der Waals surface area (Å²) >= 11 is 0. The number of benzene rings is 2. The van der Waals surface area contributed by atoms with Gasteiger partial charge in [-0.25, -0.2) is 4.79 Å². The Balaban J connectivity index is 1.67. The van der Waals surface area contributed by atoms with Crippen LogP contribution in [0.3, 0.4) is 0 Å². The molecular formula is C21H29N3O4. The summed E-state index contributed by atoms with van der Waals surface area (Å²) in [6.07, 6.45) is -0.136. The SMILES string of the molecule is COc1ccc(CNC(=O)Nc2ccc(CNCCOC(C)CO)cc2)cc1. The molecule has 0 radical (unpaired) electrons. The van der Waals surface area contributed by atoms with E-state index in [1.54, 1.807) is 7.11 Å². The van der Waals surface area contributed by atoms with Crippen molar-refractivity contribution in [2.24, 2.45) is 0 Å². The van der Waals surface area contributed by atoms with Gasteiger partial charge in [0.2, 0.25) is 0 Å². The minimum absolute atomic E-state index is 0.0299. The number of aliphatic hydroxyl groups excluding tert-OH is 1. The number of hydrogen-bond acceptors (Lipinski definition) is 5. The molecule has 1 atom stereocenters. The molecule has 7 nitrogen and oxygen atoms in total. The number of aliphatic hydroxyl groups is 1. The quantitative estimate of drug-likeness (QED) is 0.445. The first-order chi connectivity index (χ1) is 13.6. The second-order valence-corrected chi connectivity index (χ2v) is 6.39. The zero-order chi connectivity index (χ0) is 20.2. The van der Waals surface area contributed by atoms with Gasteiger partial charge in [0, 0.05) is 25.3 Å². The van der Waals surface area contributed by atoms with Crippen LogP contribution in [-0.4, -0.2) is 44.1 Å². The molecule has 0 fully saturated rings. The summed E-state index contributed by atoms with van der Waals surface area (Å²) in [7, 11) is 1.62. The summed E-state index contributed by atoms with van der Waals surface area (Å²) in [5.74, 6) is 0.787. The Morgan fingerprint density at radius 2 is 1.68 bits per heavy atom. The number of carbonyl (C=O) groups excluding carboxylic acids is 1. The number of methoxy groups -OCH3 is 1. The van der Waals surface area contributed by atoms with Crippen molar-refractivity contribution in [2.45, 2.75) is 26.1 Å². The number of ether oxygens (including phenoxy) is 2. The van der Waals surface area contributed by atoms with Crippen LogP contribution in [0, 0.1) is 0 Å². The predicted molar refractivity (Wildman–Crippen MR) is 110 cm³/mol. The van der Waals surface area contributed by atoms with E-state index >= 15 is 0 Å². The molecule has 0 spiro atoms. The normalized spacial score (nSPS) is 11.7. The fraction of sp³-hybridized carbons (Fsp3) is 0.381. The Bertz CT molecular complexity index is 705. The van der Waals surface area contributed by atoms with Gasteiger partial charge in [0.1, 0.15) is 5.75 Å². The fourth-order valence-corrected chi connectivity index (χ4v) is 2.42. The Labute approximate surface area is 166 Å². The molecule has 2 amide bonds. The summed E-state index contributed by atoms with van der Waals surface area (Å²) < 4.78 is 10.5. The number of hydrogen-bond donors (Lipinski definition) is 4. The maximum atomic E-state index is 12.0. The molecule has 7 heteroatoms. The van der Waals surface area contributed by atoms with Crippen LogP contribution in [0.25, 0.3) is 0 Å². The molecule has 0 saturated carbocycles. The summed E-state index contributed by atoms with van der Waals surface area (Å²) in [4.78, 5) is 12.0. The minimum Gasteiger partial charge on any atom is -0.497 e. The molecule has 0 bridgehead atoms. The van der Waals surface area contributed by atoms with Crippen molar-refractivity contribution in [3.05, 3.63) is 59.7 Å². The third-order valence-electron chi connectivity index (χ3n) is 4.09. The van der Waals surface area contributed by atoms with Gasteiger partial charge in [-0.2, -0.15) is 0 Å². The molecule has 0 aliphatic carbocycles. The highest BCUT2D eigenvalue weighted by Gasteiger charge is 2.03. The lowest BCUT2D eigenvalue weighted by Crippen LogP contribution is -2.28. The van der Waals surface area contributed by atoms with Gasteiger partial charge in [-0.1, -0.05) is 24.3 Å². The van der Waals surface area contributed by atoms with Crippen LogP contribution in [0.15, 0.2) is 48.5 Å². The maximum absolute atomic E-state index is 12.0. The average molecular weight is 387 g/mol. The van der Waals surface area contributed by atoms with Gasteiger partial charge in [0.25, 0.3) is 0 Å². The van der Waals surface area contributed by atoms with E-state index in [1.807, 2.05) is 55.5 Å². The topological polar surface area (TPSA) is 91.9 Å². The molecule has 28 heavy (non-hydrogen) atoms. The smallest absolute Gasteiger partial charge is 0.319 e. The molecular weight excluding hydrogens is 358 g/mol. The Kier molecular flexibility index (Phi) is 9.27. The van der Waals surface area contributed by atoms with E-state index in [-0.39, 0.29) is 18.7 Å². The highest BCUT2D eigenvalue weighted by molar-refractivity contribution is 5.89. The first-order valence-electron chi connectivity index (χ1n) is 9.30. The zero-order valence-electron chi connectivity index (χ0n) is 16.4. The largest absolute Gasteiger partial charge is 0.497 e. The molecule has 0 saturated heterocycles. The van der Waals surface area contributed by atoms with Crippen molar-refractivity contribution in [3.63, 3.8) is 0 Å². The van der Waals surface area contributed by atoms with Crippen molar-refractivity contribution < 1.29 is 19.4 Å². The second kappa shape index (κ2) is 12.0. The maximum Gasteiger partial charge on any atom is 0.319 e. The van der Waals surface area contributed by atoms with Gasteiger partial charge >= 0.3 is 6.03 Å². The Morgan fingerprint density at radius 1 is 1.04 bits per heavy atom. The Morgan fingerprint density at radius 3 is 2.32 bits per heavy atom. The van der Waals surface area contributed by atoms with Crippen molar-refractivity contribution in [3.8, 4) is 5.75 Å². The van der Waals surface area contributed by atoms with Crippen LogP contribution in [0.4, 0.5) is 10.5 Å². The first-order valence-corrected chi connectivity index (χ1v) is 9.30. The van der Waals surface area contributed by atoms with Crippen LogP contribution >= 0.6 is 0 Å². The van der Waals surface area contributed by atoms with Gasteiger partial charge in [-0.05, 0) is 42.3 Å². The first kappa shape index (κ1) is 21.7. The standard InChI is InChI=1S/C21H29N3O4/c1-16(15-25)28-12-11-22-13-17-3-7-19(8-4-17)24-21(26)23-14-18-5-9-20(27-2)10-6-18/h3-10,16,22,25H,11-15H2,1-2H3,(H2,23,24,26). The number of rotatable bonds is 11. The predicted octanol–water partition coefficient (Wildman–Crippen LogP) is 2.50. The van der Waals surface area contributed by atoms with E-state index in [9.17, 15) is 4.79 Å².